The number of nitrogens with one attached hydrogen (secondary N) is 1. The van der Waals surface area contributed by atoms with Crippen molar-refractivity contribution in [2.24, 2.45) is 28.9 Å². The molecule has 0 unspecified atom stereocenters. The van der Waals surface area contributed by atoms with E-state index in [4.69, 9.17) is 15.2 Å². The van der Waals surface area contributed by atoms with Crippen molar-refractivity contribution in [3.63, 3.8) is 0 Å². The Kier molecular flexibility index (Phi) is 4.74. The SMILES string of the molecule is COc1cc(C(=O)NCC23CC4CC(CC(C4)C2)C3)ccc1OCC(N)=O. The van der Waals surface area contributed by atoms with Gasteiger partial charge in [0.2, 0.25) is 0 Å². The Morgan fingerprint density at radius 2 is 1.74 bits per heavy atom. The van der Waals surface area contributed by atoms with Crippen LogP contribution in [0.5, 0.6) is 11.5 Å². The Hall–Kier alpha value is -2.24. The summed E-state index contributed by atoms with van der Waals surface area (Å²) in [7, 11) is 1.50. The van der Waals surface area contributed by atoms with E-state index in [1.165, 1.54) is 45.6 Å². The molecule has 0 radical (unpaired) electrons. The van der Waals surface area contributed by atoms with Crippen molar-refractivity contribution in [3.05, 3.63) is 23.8 Å². The van der Waals surface area contributed by atoms with Gasteiger partial charge in [-0.2, -0.15) is 0 Å². The Balaban J connectivity index is 1.40. The van der Waals surface area contributed by atoms with E-state index in [2.05, 4.69) is 5.32 Å². The van der Waals surface area contributed by atoms with Gasteiger partial charge in [-0.1, -0.05) is 0 Å². The Morgan fingerprint density at radius 1 is 1.11 bits per heavy atom. The summed E-state index contributed by atoms with van der Waals surface area (Å²) in [6, 6.07) is 4.97. The molecule has 6 nitrogen and oxygen atoms in total. The summed E-state index contributed by atoms with van der Waals surface area (Å²) in [5, 5.41) is 3.17. The second-order valence-electron chi connectivity index (χ2n) is 8.72. The van der Waals surface area contributed by atoms with Crippen LogP contribution in [0.15, 0.2) is 18.2 Å². The van der Waals surface area contributed by atoms with E-state index in [-0.39, 0.29) is 12.5 Å². The van der Waals surface area contributed by atoms with Crippen molar-refractivity contribution in [1.29, 1.82) is 0 Å². The van der Waals surface area contributed by atoms with Crippen LogP contribution in [0, 0.1) is 23.2 Å². The molecule has 4 bridgehead atoms. The van der Waals surface area contributed by atoms with E-state index in [1.807, 2.05) is 0 Å². The summed E-state index contributed by atoms with van der Waals surface area (Å²) in [6.45, 7) is 0.533. The molecular weight excluding hydrogens is 344 g/mol. The minimum Gasteiger partial charge on any atom is -0.493 e. The van der Waals surface area contributed by atoms with Gasteiger partial charge in [-0.25, -0.2) is 0 Å². The number of nitrogens with two attached hydrogens (primary N) is 1. The first-order chi connectivity index (χ1) is 13.0. The third kappa shape index (κ3) is 3.75. The fourth-order valence-electron chi connectivity index (χ4n) is 5.95. The number of benzene rings is 1. The minimum atomic E-state index is -0.561. The monoisotopic (exact) mass is 372 g/mol. The van der Waals surface area contributed by atoms with Crippen LogP contribution in [0.3, 0.4) is 0 Å². The molecule has 4 aliphatic rings. The minimum absolute atomic E-state index is 0.0921. The van der Waals surface area contributed by atoms with Crippen molar-refractivity contribution in [2.75, 3.05) is 20.3 Å². The zero-order valence-electron chi connectivity index (χ0n) is 15.8. The Morgan fingerprint density at radius 3 is 2.30 bits per heavy atom. The molecule has 1 aromatic rings. The van der Waals surface area contributed by atoms with E-state index in [0.717, 1.165) is 24.3 Å². The first-order valence-electron chi connectivity index (χ1n) is 9.84. The highest BCUT2D eigenvalue weighted by Crippen LogP contribution is 2.59. The molecule has 2 amide bonds. The third-order valence-corrected chi connectivity index (χ3v) is 6.58. The molecule has 4 fully saturated rings. The van der Waals surface area contributed by atoms with Crippen molar-refractivity contribution in [1.82, 2.24) is 5.32 Å². The van der Waals surface area contributed by atoms with Crippen molar-refractivity contribution in [2.45, 2.75) is 38.5 Å². The highest BCUT2D eigenvalue weighted by atomic mass is 16.5. The summed E-state index contributed by atoms with van der Waals surface area (Å²) in [4.78, 5) is 23.6. The lowest BCUT2D eigenvalue weighted by molar-refractivity contribution is -0.119. The second-order valence-corrected chi connectivity index (χ2v) is 8.72. The molecule has 4 aliphatic carbocycles. The molecule has 0 aliphatic heterocycles. The average molecular weight is 372 g/mol. The maximum atomic E-state index is 12.7. The predicted molar refractivity (Wildman–Crippen MR) is 101 cm³/mol. The fourth-order valence-corrected chi connectivity index (χ4v) is 5.95. The first kappa shape index (κ1) is 18.1. The molecule has 0 spiro atoms. The van der Waals surface area contributed by atoms with Crippen LogP contribution in [0.1, 0.15) is 48.9 Å². The van der Waals surface area contributed by atoms with Crippen LogP contribution < -0.4 is 20.5 Å². The largest absolute Gasteiger partial charge is 0.493 e. The number of methoxy groups -OCH3 is 1. The Labute approximate surface area is 159 Å². The zero-order chi connectivity index (χ0) is 19.0. The van der Waals surface area contributed by atoms with E-state index in [9.17, 15) is 9.59 Å². The molecule has 0 heterocycles. The maximum Gasteiger partial charge on any atom is 0.255 e. The quantitative estimate of drug-likeness (QED) is 0.769. The van der Waals surface area contributed by atoms with Crippen molar-refractivity contribution < 1.29 is 19.1 Å². The maximum absolute atomic E-state index is 12.7. The third-order valence-electron chi connectivity index (χ3n) is 6.58. The van der Waals surface area contributed by atoms with E-state index >= 15 is 0 Å². The summed E-state index contributed by atoms with van der Waals surface area (Å²) >= 11 is 0. The number of carbonyl (C=O) groups is 2. The lowest BCUT2D eigenvalue weighted by atomic mass is 9.49. The number of carbonyl (C=O) groups excluding carboxylic acids is 2. The molecule has 5 rings (SSSR count). The van der Waals surface area contributed by atoms with Crippen molar-refractivity contribution in [3.8, 4) is 11.5 Å². The lowest BCUT2D eigenvalue weighted by Gasteiger charge is -2.56. The van der Waals surface area contributed by atoms with Gasteiger partial charge in [0.25, 0.3) is 11.8 Å². The van der Waals surface area contributed by atoms with Gasteiger partial charge in [-0.3, -0.25) is 9.59 Å². The van der Waals surface area contributed by atoms with Gasteiger partial charge in [-0.05, 0) is 79.9 Å². The second kappa shape index (κ2) is 7.06. The zero-order valence-corrected chi connectivity index (χ0v) is 15.8. The lowest BCUT2D eigenvalue weighted by Crippen LogP contribution is -2.51. The molecule has 1 aromatic carbocycles. The van der Waals surface area contributed by atoms with Crippen LogP contribution in [0.4, 0.5) is 0 Å². The van der Waals surface area contributed by atoms with E-state index < -0.39 is 5.91 Å². The molecule has 146 valence electrons. The van der Waals surface area contributed by atoms with Gasteiger partial charge in [0, 0.05) is 12.1 Å². The van der Waals surface area contributed by atoms with Crippen molar-refractivity contribution >= 4 is 11.8 Å². The smallest absolute Gasteiger partial charge is 0.255 e. The van der Waals surface area contributed by atoms with E-state index in [0.29, 0.717) is 22.5 Å². The summed E-state index contributed by atoms with van der Waals surface area (Å²) in [5.41, 5.74) is 5.94. The molecule has 3 N–H and O–H groups in total. The van der Waals surface area contributed by atoms with Gasteiger partial charge in [0.1, 0.15) is 0 Å². The van der Waals surface area contributed by atoms with Gasteiger partial charge >= 0.3 is 0 Å². The summed E-state index contributed by atoms with van der Waals surface area (Å²) in [6.07, 6.45) is 8.00. The number of hydrogen-bond donors (Lipinski definition) is 2. The topological polar surface area (TPSA) is 90.7 Å². The van der Waals surface area contributed by atoms with Crippen LogP contribution in [-0.4, -0.2) is 32.1 Å². The molecule has 0 aromatic heterocycles. The number of rotatable bonds is 7. The number of hydrogen-bond acceptors (Lipinski definition) is 4. The van der Waals surface area contributed by atoms with Crippen LogP contribution in [0.25, 0.3) is 0 Å². The molecule has 6 heteroatoms. The van der Waals surface area contributed by atoms with Gasteiger partial charge in [0.15, 0.2) is 18.1 Å². The van der Waals surface area contributed by atoms with Gasteiger partial charge in [0.05, 0.1) is 7.11 Å². The average Bonchev–Trinajstić information content (AvgIpc) is 2.63. The van der Waals surface area contributed by atoms with Crippen LogP contribution in [0.2, 0.25) is 0 Å². The van der Waals surface area contributed by atoms with Crippen LogP contribution >= 0.6 is 0 Å². The number of ether oxygens (including phenoxy) is 2. The first-order valence-corrected chi connectivity index (χ1v) is 9.84. The Bertz CT molecular complexity index is 710. The molecule has 27 heavy (non-hydrogen) atoms. The fraction of sp³-hybridized carbons (Fsp3) is 0.619. The predicted octanol–water partition coefficient (Wildman–Crippen LogP) is 2.51. The standard InChI is InChI=1S/C21H28N2O4/c1-26-18-7-16(2-3-17(18)27-11-19(22)24)20(25)23-12-21-8-13-4-14(9-21)6-15(5-13)10-21/h2-3,7,13-15H,4-6,8-12H2,1H3,(H2,22,24)(H,23,25). The number of primary amides is 1. The highest BCUT2D eigenvalue weighted by Gasteiger charge is 2.50. The van der Waals surface area contributed by atoms with E-state index in [1.54, 1.807) is 18.2 Å². The van der Waals surface area contributed by atoms with Gasteiger partial charge < -0.3 is 20.5 Å². The summed E-state index contributed by atoms with van der Waals surface area (Å²) in [5.74, 6) is 2.77. The van der Waals surface area contributed by atoms with Crippen LogP contribution in [-0.2, 0) is 4.79 Å². The normalized spacial score (nSPS) is 30.8. The molecule has 0 atom stereocenters. The molecule has 4 saturated carbocycles. The molecular formula is C21H28N2O4. The number of amides is 2. The summed E-state index contributed by atoms with van der Waals surface area (Å²) < 4.78 is 10.6. The molecule has 0 saturated heterocycles. The highest BCUT2D eigenvalue weighted by molar-refractivity contribution is 5.95. The van der Waals surface area contributed by atoms with Gasteiger partial charge in [-0.15, -0.1) is 0 Å².